The van der Waals surface area contributed by atoms with Gasteiger partial charge in [0.25, 0.3) is 0 Å². The molecule has 0 atom stereocenters. The van der Waals surface area contributed by atoms with E-state index in [0.717, 1.165) is 25.9 Å². The number of nitrogen functional groups attached to an aromatic ring is 4. The summed E-state index contributed by atoms with van der Waals surface area (Å²) in [5.74, 6) is 1.24. The first kappa shape index (κ1) is 20.3. The molecule has 1 aliphatic rings. The van der Waals surface area contributed by atoms with Crippen LogP contribution in [0, 0.1) is 0 Å². The number of benzene rings is 2. The molecule has 0 bridgehead atoms. The van der Waals surface area contributed by atoms with Crippen LogP contribution in [0.4, 0.5) is 22.7 Å². The highest BCUT2D eigenvalue weighted by molar-refractivity contribution is 5.60. The average Bonchev–Trinajstić information content (AvgIpc) is 3.16. The van der Waals surface area contributed by atoms with E-state index in [4.69, 9.17) is 32.4 Å². The number of hydrogen-bond acceptors (Lipinski definition) is 7. The maximum atomic E-state index is 5.92. The molecule has 0 unspecified atom stereocenters. The number of rotatable bonds is 10. The van der Waals surface area contributed by atoms with Crippen molar-refractivity contribution in [3.8, 4) is 11.5 Å². The van der Waals surface area contributed by atoms with Gasteiger partial charge in [-0.15, -0.1) is 0 Å². The molecule has 153 valence electrons. The van der Waals surface area contributed by atoms with Gasteiger partial charge in [-0.2, -0.15) is 0 Å². The predicted molar refractivity (Wildman–Crippen MR) is 118 cm³/mol. The number of aliphatic imine (C=N–C) groups is 1. The summed E-state index contributed by atoms with van der Waals surface area (Å²) in [6.45, 7) is 2.82. The van der Waals surface area contributed by atoms with Gasteiger partial charge in [-0.05, 0) is 24.3 Å². The third kappa shape index (κ3) is 5.55. The van der Waals surface area contributed by atoms with E-state index in [9.17, 15) is 0 Å². The maximum absolute atomic E-state index is 5.92. The molecule has 0 saturated heterocycles. The van der Waals surface area contributed by atoms with Crippen LogP contribution in [0.25, 0.3) is 0 Å². The highest BCUT2D eigenvalue weighted by Crippen LogP contribution is 2.25. The Morgan fingerprint density at radius 2 is 1.28 bits per heavy atom. The Morgan fingerprint density at radius 1 is 0.759 bits per heavy atom. The maximum Gasteiger partial charge on any atom is 0.403 e. The molecule has 1 radical (unpaired) electrons. The minimum atomic E-state index is 0.547. The third-order valence-corrected chi connectivity index (χ3v) is 4.77. The molecule has 1 aliphatic heterocycles. The first-order chi connectivity index (χ1) is 14.0. The minimum absolute atomic E-state index is 0.547. The molecule has 0 fully saturated rings. The summed E-state index contributed by atoms with van der Waals surface area (Å²) >= 11 is 0. The molecule has 0 amide bonds. The van der Waals surface area contributed by atoms with Crippen molar-refractivity contribution in [1.82, 2.24) is 4.99 Å². The SMILES string of the molecule is Nc1ccc(N)c(OCCC[N+]2(CCCOc3cc(N)ccc3N)C=C[N+]=C2)c1. The largest absolute Gasteiger partial charge is 0.491 e. The molecule has 8 heteroatoms. The predicted octanol–water partition coefficient (Wildman–Crippen LogP) is 1.92. The molecule has 0 aromatic heterocycles. The normalized spacial score (nSPS) is 14.2. The summed E-state index contributed by atoms with van der Waals surface area (Å²) in [6, 6.07) is 10.5. The number of ether oxygens (including phenoxy) is 2. The lowest BCUT2D eigenvalue weighted by Crippen LogP contribution is -2.43. The van der Waals surface area contributed by atoms with E-state index in [-0.39, 0.29) is 0 Å². The van der Waals surface area contributed by atoms with Crippen molar-refractivity contribution < 1.29 is 14.0 Å². The van der Waals surface area contributed by atoms with Crippen LogP contribution in [-0.4, -0.2) is 37.1 Å². The van der Waals surface area contributed by atoms with Gasteiger partial charge >= 0.3 is 12.5 Å². The standard InChI is InChI=1S/C21H29N6O2/c22-16-3-5-18(24)20(13-16)28-11-1-8-27(10-7-26-15-27)9-2-12-29-21-14-17(23)4-6-19(21)25/h3-7,10,13-15H,1-2,8-9,11-12,22-25H2/q+2. The van der Waals surface area contributed by atoms with Gasteiger partial charge in [0.15, 0.2) is 6.20 Å². The summed E-state index contributed by atoms with van der Waals surface area (Å²) in [6.07, 6.45) is 7.54. The van der Waals surface area contributed by atoms with Crippen molar-refractivity contribution in [1.29, 1.82) is 0 Å². The smallest absolute Gasteiger partial charge is 0.403 e. The summed E-state index contributed by atoms with van der Waals surface area (Å²) in [5, 5.41) is 0. The van der Waals surface area contributed by atoms with Crippen LogP contribution in [0.1, 0.15) is 12.8 Å². The van der Waals surface area contributed by atoms with E-state index in [1.807, 2.05) is 12.5 Å². The summed E-state index contributed by atoms with van der Waals surface area (Å²) in [5.41, 5.74) is 25.9. The van der Waals surface area contributed by atoms with E-state index in [1.165, 1.54) is 0 Å². The van der Waals surface area contributed by atoms with Crippen LogP contribution in [0.2, 0.25) is 0 Å². The summed E-state index contributed by atoms with van der Waals surface area (Å²) in [7, 11) is 0. The van der Waals surface area contributed by atoms with Crippen LogP contribution < -0.4 is 37.4 Å². The van der Waals surface area contributed by atoms with Crippen LogP contribution in [0.3, 0.4) is 0 Å². The molecule has 3 rings (SSSR count). The van der Waals surface area contributed by atoms with Crippen LogP contribution in [-0.2, 0) is 0 Å². The third-order valence-electron chi connectivity index (χ3n) is 4.77. The summed E-state index contributed by atoms with van der Waals surface area (Å²) in [4.78, 5) is 4.27. The lowest BCUT2D eigenvalue weighted by atomic mass is 10.2. The first-order valence-corrected chi connectivity index (χ1v) is 9.61. The second-order valence-electron chi connectivity index (χ2n) is 7.11. The van der Waals surface area contributed by atoms with Gasteiger partial charge < -0.3 is 32.4 Å². The van der Waals surface area contributed by atoms with Crippen molar-refractivity contribution in [3.63, 3.8) is 0 Å². The Balaban J connectivity index is 1.45. The van der Waals surface area contributed by atoms with E-state index < -0.39 is 0 Å². The summed E-state index contributed by atoms with van der Waals surface area (Å²) < 4.78 is 12.3. The van der Waals surface area contributed by atoms with Gasteiger partial charge in [0.2, 0.25) is 0 Å². The van der Waals surface area contributed by atoms with Crippen LogP contribution in [0.5, 0.6) is 11.5 Å². The fourth-order valence-electron chi connectivity index (χ4n) is 3.19. The lowest BCUT2D eigenvalue weighted by molar-refractivity contribution is -0.780. The molecule has 8 N–H and O–H groups in total. The second-order valence-corrected chi connectivity index (χ2v) is 7.11. The molecule has 29 heavy (non-hydrogen) atoms. The monoisotopic (exact) mass is 397 g/mol. The Bertz CT molecular complexity index is 823. The topological polar surface area (TPSA) is 137 Å². The Hall–Kier alpha value is -3.39. The highest BCUT2D eigenvalue weighted by atomic mass is 16.5. The van der Waals surface area contributed by atoms with Crippen molar-refractivity contribution in [2.75, 3.05) is 49.2 Å². The zero-order valence-corrected chi connectivity index (χ0v) is 16.5. The fourth-order valence-corrected chi connectivity index (χ4v) is 3.19. The molecule has 8 nitrogen and oxygen atoms in total. The van der Waals surface area contributed by atoms with Crippen LogP contribution >= 0.6 is 0 Å². The van der Waals surface area contributed by atoms with E-state index in [0.29, 0.717) is 51.9 Å². The average molecular weight is 398 g/mol. The van der Waals surface area contributed by atoms with Crippen molar-refractivity contribution in [2.45, 2.75) is 12.8 Å². The lowest BCUT2D eigenvalue weighted by Gasteiger charge is -2.23. The van der Waals surface area contributed by atoms with Crippen molar-refractivity contribution >= 4 is 29.1 Å². The quantitative estimate of drug-likeness (QED) is 0.275. The van der Waals surface area contributed by atoms with Crippen molar-refractivity contribution in [3.05, 3.63) is 48.8 Å². The van der Waals surface area contributed by atoms with Crippen LogP contribution in [0.15, 0.2) is 48.8 Å². The number of anilines is 4. The molecular weight excluding hydrogens is 368 g/mol. The molecule has 0 spiro atoms. The van der Waals surface area contributed by atoms with Gasteiger partial charge in [-0.1, -0.05) is 0 Å². The van der Waals surface area contributed by atoms with Gasteiger partial charge in [-0.25, -0.2) is 4.48 Å². The Kier molecular flexibility index (Phi) is 6.46. The fraction of sp³-hybridized carbons (Fsp3) is 0.286. The molecular formula is C21H29N6O2+2. The molecule has 0 aliphatic carbocycles. The zero-order chi connectivity index (χ0) is 20.7. The second kappa shape index (κ2) is 9.20. The first-order valence-electron chi connectivity index (χ1n) is 9.61. The van der Waals surface area contributed by atoms with E-state index in [2.05, 4.69) is 11.2 Å². The highest BCUT2D eigenvalue weighted by Gasteiger charge is 2.32. The molecule has 0 saturated carbocycles. The number of hydrogen-bond donors (Lipinski definition) is 4. The number of quaternary nitrogens is 1. The van der Waals surface area contributed by atoms with Crippen molar-refractivity contribution in [2.24, 2.45) is 0 Å². The zero-order valence-electron chi connectivity index (χ0n) is 16.5. The van der Waals surface area contributed by atoms with E-state index >= 15 is 0 Å². The Morgan fingerprint density at radius 3 is 1.72 bits per heavy atom. The van der Waals surface area contributed by atoms with Gasteiger partial charge in [0, 0.05) is 36.3 Å². The van der Waals surface area contributed by atoms with Gasteiger partial charge in [0.1, 0.15) is 16.5 Å². The Labute approximate surface area is 171 Å². The number of nitrogens with two attached hydrogens (primary N) is 4. The van der Waals surface area contributed by atoms with Gasteiger partial charge in [0.05, 0.1) is 37.7 Å². The molecule has 1 heterocycles. The van der Waals surface area contributed by atoms with E-state index in [1.54, 1.807) is 36.4 Å². The minimum Gasteiger partial charge on any atom is -0.491 e. The van der Waals surface area contributed by atoms with Gasteiger partial charge in [-0.3, -0.25) is 0 Å². The number of nitrogens with zero attached hydrogens (tertiary/aromatic N) is 2. The molecule has 2 aromatic rings. The molecule has 2 aromatic carbocycles.